The highest BCUT2D eigenvalue weighted by Gasteiger charge is 2.21. The Hall–Kier alpha value is -5.88. The van der Waals surface area contributed by atoms with Gasteiger partial charge >= 0.3 is 0 Å². The fourth-order valence-electron chi connectivity index (χ4n) is 7.74. The summed E-state index contributed by atoms with van der Waals surface area (Å²) in [4.78, 5) is 10.6. The van der Waals surface area contributed by atoms with Crippen molar-refractivity contribution in [3.05, 3.63) is 151 Å². The number of aryl methyl sites for hydroxylation is 1. The van der Waals surface area contributed by atoms with Crippen molar-refractivity contribution in [1.29, 1.82) is 0 Å². The van der Waals surface area contributed by atoms with Crippen molar-refractivity contribution in [2.24, 2.45) is 0 Å². The van der Waals surface area contributed by atoms with Gasteiger partial charge in [-0.15, -0.1) is 22.7 Å². The molecule has 11 rings (SSSR count). The molecule has 0 fully saturated rings. The first-order valence-corrected chi connectivity index (χ1v) is 18.5. The van der Waals surface area contributed by atoms with Gasteiger partial charge in [-0.05, 0) is 54.4 Å². The summed E-state index contributed by atoms with van der Waals surface area (Å²) in [6, 6.07) is 52.7. The van der Waals surface area contributed by atoms with Crippen molar-refractivity contribution in [2.75, 3.05) is 0 Å². The van der Waals surface area contributed by atoms with Crippen LogP contribution in [0.5, 0.6) is 0 Å². The van der Waals surface area contributed by atoms with Crippen molar-refractivity contribution in [3.8, 4) is 28.3 Å². The molecule has 0 bridgehead atoms. The van der Waals surface area contributed by atoms with Crippen LogP contribution in [0.3, 0.4) is 0 Å². The second kappa shape index (κ2) is 10.6. The van der Waals surface area contributed by atoms with Crippen molar-refractivity contribution in [2.45, 2.75) is 6.92 Å². The largest absolute Gasteiger partial charge is 0.278 e. The fraction of sp³-hybridized carbons (Fsp3) is 0.0222. The molecule has 0 aliphatic heterocycles. The predicted octanol–water partition coefficient (Wildman–Crippen LogP) is 13.1. The highest BCUT2D eigenvalue weighted by molar-refractivity contribution is 7.27. The van der Waals surface area contributed by atoms with Gasteiger partial charge in [0.15, 0.2) is 0 Å². The minimum atomic E-state index is 0.680. The highest BCUT2D eigenvalue weighted by Crippen LogP contribution is 2.46. The van der Waals surface area contributed by atoms with Gasteiger partial charge in [-0.25, -0.2) is 9.97 Å². The molecular formula is C45H27N3S2. The molecule has 50 heavy (non-hydrogen) atoms. The summed E-state index contributed by atoms with van der Waals surface area (Å²) in [5.41, 5.74) is 8.87. The standard InChI is InChI=1S/C45H27N3S2/c1-26-17-19-27(20-18-26)42-34-11-2-5-14-36(34)46-45(47-42)48-37-23-21-28(29-12-8-13-32-30-9-3-6-15-39(30)49-43(29)32)25-35(37)41-38(48)24-22-33-31-10-4-7-16-40(31)50-44(33)41/h2-25H,1H3. The van der Waals surface area contributed by atoms with Gasteiger partial charge in [0.1, 0.15) is 0 Å². The van der Waals surface area contributed by atoms with Crippen molar-refractivity contribution < 1.29 is 0 Å². The molecular weight excluding hydrogens is 647 g/mol. The molecule has 0 unspecified atom stereocenters. The number of benzene rings is 7. The van der Waals surface area contributed by atoms with Crippen LogP contribution in [0.25, 0.3) is 101 Å². The number of rotatable bonds is 3. The van der Waals surface area contributed by atoms with Crippen molar-refractivity contribution in [3.63, 3.8) is 0 Å². The van der Waals surface area contributed by atoms with E-state index in [9.17, 15) is 0 Å². The van der Waals surface area contributed by atoms with Gasteiger partial charge in [0.2, 0.25) is 5.95 Å². The van der Waals surface area contributed by atoms with E-state index in [2.05, 4.69) is 157 Å². The Morgan fingerprint density at radius 1 is 0.480 bits per heavy atom. The van der Waals surface area contributed by atoms with Gasteiger partial charge < -0.3 is 0 Å². The molecule has 4 heterocycles. The van der Waals surface area contributed by atoms with Gasteiger partial charge in [-0.2, -0.15) is 0 Å². The molecule has 234 valence electrons. The number of fused-ring (bicyclic) bond motifs is 11. The van der Waals surface area contributed by atoms with E-state index in [0.29, 0.717) is 5.95 Å². The summed E-state index contributed by atoms with van der Waals surface area (Å²) in [5, 5.41) is 8.72. The Morgan fingerprint density at radius 2 is 1.12 bits per heavy atom. The third-order valence-electron chi connectivity index (χ3n) is 10.1. The van der Waals surface area contributed by atoms with Crippen LogP contribution in [-0.2, 0) is 0 Å². The maximum Gasteiger partial charge on any atom is 0.235 e. The van der Waals surface area contributed by atoms with Gasteiger partial charge in [0, 0.05) is 62.1 Å². The van der Waals surface area contributed by atoms with Crippen LogP contribution >= 0.6 is 22.7 Å². The molecule has 0 spiro atoms. The topological polar surface area (TPSA) is 30.7 Å². The highest BCUT2D eigenvalue weighted by atomic mass is 32.1. The number of nitrogens with zero attached hydrogens (tertiary/aromatic N) is 3. The summed E-state index contributed by atoms with van der Waals surface area (Å²) in [6.07, 6.45) is 0. The zero-order valence-corrected chi connectivity index (χ0v) is 28.6. The van der Waals surface area contributed by atoms with Gasteiger partial charge in [0.05, 0.1) is 22.2 Å². The van der Waals surface area contributed by atoms with Crippen LogP contribution in [-0.4, -0.2) is 14.5 Å². The molecule has 0 aliphatic carbocycles. The quantitative estimate of drug-likeness (QED) is 0.187. The lowest BCUT2D eigenvalue weighted by molar-refractivity contribution is 1.01. The van der Waals surface area contributed by atoms with Crippen LogP contribution in [0.15, 0.2) is 146 Å². The van der Waals surface area contributed by atoms with E-state index < -0.39 is 0 Å². The average Bonchev–Trinajstić information content (AvgIpc) is 3.84. The first-order chi connectivity index (χ1) is 24.7. The van der Waals surface area contributed by atoms with E-state index in [0.717, 1.165) is 33.2 Å². The Morgan fingerprint density at radius 3 is 1.92 bits per heavy atom. The smallest absolute Gasteiger partial charge is 0.235 e. The van der Waals surface area contributed by atoms with Crippen LogP contribution < -0.4 is 0 Å². The molecule has 0 radical (unpaired) electrons. The summed E-state index contributed by atoms with van der Waals surface area (Å²) < 4.78 is 7.51. The Labute approximate surface area is 295 Å². The maximum absolute atomic E-state index is 5.37. The van der Waals surface area contributed by atoms with Crippen LogP contribution in [0, 0.1) is 6.92 Å². The Balaban J connectivity index is 1.25. The molecule has 0 saturated heterocycles. The van der Waals surface area contributed by atoms with E-state index in [4.69, 9.17) is 9.97 Å². The molecule has 3 nitrogen and oxygen atoms in total. The Bertz CT molecular complexity index is 3160. The first kappa shape index (κ1) is 28.0. The molecule has 0 N–H and O–H groups in total. The van der Waals surface area contributed by atoms with Crippen molar-refractivity contribution >= 4 is 95.7 Å². The predicted molar refractivity (Wildman–Crippen MR) is 215 cm³/mol. The number of hydrogen-bond acceptors (Lipinski definition) is 4. The molecule has 4 aromatic heterocycles. The van der Waals surface area contributed by atoms with E-state index in [1.165, 1.54) is 67.8 Å². The zero-order valence-electron chi connectivity index (χ0n) is 27.0. The lowest BCUT2D eigenvalue weighted by Crippen LogP contribution is -2.03. The zero-order chi connectivity index (χ0) is 32.9. The average molecular weight is 674 g/mol. The van der Waals surface area contributed by atoms with E-state index >= 15 is 0 Å². The first-order valence-electron chi connectivity index (χ1n) is 16.8. The SMILES string of the molecule is Cc1ccc(-c2nc(-n3c4ccc(-c5cccc6c5sc5ccccc56)cc4c4c5sc6ccccc6c5ccc43)nc3ccccc23)cc1. The molecule has 11 aromatic rings. The second-order valence-electron chi connectivity index (χ2n) is 13.0. The number of para-hydroxylation sites is 1. The molecule has 5 heteroatoms. The molecule has 0 aliphatic rings. The summed E-state index contributed by atoms with van der Waals surface area (Å²) in [6.45, 7) is 2.12. The third-order valence-corrected chi connectivity index (χ3v) is 12.5. The lowest BCUT2D eigenvalue weighted by Gasteiger charge is -2.12. The van der Waals surface area contributed by atoms with E-state index in [1.807, 2.05) is 22.7 Å². The van der Waals surface area contributed by atoms with Crippen LogP contribution in [0.2, 0.25) is 0 Å². The third kappa shape index (κ3) is 4.02. The minimum absolute atomic E-state index is 0.680. The maximum atomic E-state index is 5.37. The molecule has 0 saturated carbocycles. The van der Waals surface area contributed by atoms with Crippen molar-refractivity contribution in [1.82, 2.24) is 14.5 Å². The van der Waals surface area contributed by atoms with Crippen LogP contribution in [0.4, 0.5) is 0 Å². The molecule has 0 amide bonds. The second-order valence-corrected chi connectivity index (χ2v) is 15.1. The molecule has 0 atom stereocenters. The van der Waals surface area contributed by atoms with Gasteiger partial charge in [-0.3, -0.25) is 4.57 Å². The summed E-state index contributed by atoms with van der Waals surface area (Å²) in [7, 11) is 0. The fourth-order valence-corrected chi connectivity index (χ4v) is 10.2. The number of aromatic nitrogens is 3. The van der Waals surface area contributed by atoms with Gasteiger partial charge in [0.25, 0.3) is 0 Å². The number of hydrogen-bond donors (Lipinski definition) is 0. The monoisotopic (exact) mass is 673 g/mol. The Kier molecular flexibility index (Phi) is 5.91. The lowest BCUT2D eigenvalue weighted by atomic mass is 10.00. The van der Waals surface area contributed by atoms with Gasteiger partial charge in [-0.1, -0.05) is 115 Å². The van der Waals surface area contributed by atoms with E-state index in [1.54, 1.807) is 0 Å². The van der Waals surface area contributed by atoms with E-state index in [-0.39, 0.29) is 0 Å². The van der Waals surface area contributed by atoms with Crippen LogP contribution in [0.1, 0.15) is 5.56 Å². The molecule has 7 aromatic carbocycles. The normalized spacial score (nSPS) is 12.1. The number of thiophene rings is 2. The minimum Gasteiger partial charge on any atom is -0.278 e. The summed E-state index contributed by atoms with van der Waals surface area (Å²) in [5.74, 6) is 0.680. The summed E-state index contributed by atoms with van der Waals surface area (Å²) >= 11 is 3.75.